The predicted octanol–water partition coefficient (Wildman–Crippen LogP) is 0.361. The number of nitrogens with zero attached hydrogens (tertiary/aromatic N) is 1. The van der Waals surface area contributed by atoms with E-state index in [0.717, 1.165) is 37.8 Å². The van der Waals surface area contributed by atoms with E-state index in [0.29, 0.717) is 6.04 Å². The molecule has 2 heterocycles. The Bertz CT molecular complexity index is 378. The van der Waals surface area contributed by atoms with Crippen molar-refractivity contribution in [2.75, 3.05) is 31.9 Å². The quantitative estimate of drug-likeness (QED) is 0.815. The average Bonchev–Trinajstić information content (AvgIpc) is 2.38. The zero-order valence-corrected chi connectivity index (χ0v) is 13.4. The second-order valence-corrected chi connectivity index (χ2v) is 8.84. The molecule has 0 aromatic heterocycles. The van der Waals surface area contributed by atoms with Crippen LogP contribution >= 0.6 is 0 Å². The molecule has 0 saturated carbocycles. The highest BCUT2D eigenvalue weighted by Gasteiger charge is 2.35. The number of sulfonamides is 1. The lowest BCUT2D eigenvalue weighted by Crippen LogP contribution is -3.18. The van der Waals surface area contributed by atoms with Gasteiger partial charge in [-0.25, -0.2) is 12.7 Å². The third-order valence-electron chi connectivity index (χ3n) is 4.82. The van der Waals surface area contributed by atoms with Crippen molar-refractivity contribution in [3.05, 3.63) is 0 Å². The monoisotopic (exact) mass is 289 g/mol. The largest absolute Gasteiger partial charge is 0.332 e. The molecule has 2 fully saturated rings. The fourth-order valence-electron chi connectivity index (χ4n) is 3.89. The molecular formula is C14H29N2O2S+. The smallest absolute Gasteiger partial charge is 0.213 e. The van der Waals surface area contributed by atoms with E-state index in [1.54, 1.807) is 16.1 Å². The topological polar surface area (TPSA) is 41.8 Å². The molecule has 1 N–H and O–H groups in total. The highest BCUT2D eigenvalue weighted by Crippen LogP contribution is 2.16. The summed E-state index contributed by atoms with van der Waals surface area (Å²) >= 11 is 0. The highest BCUT2D eigenvalue weighted by molar-refractivity contribution is 7.89. The Kier molecular flexibility index (Phi) is 4.90. The van der Waals surface area contributed by atoms with E-state index >= 15 is 0 Å². The van der Waals surface area contributed by atoms with Gasteiger partial charge in [0.1, 0.15) is 0 Å². The van der Waals surface area contributed by atoms with Gasteiger partial charge in [0.15, 0.2) is 0 Å². The van der Waals surface area contributed by atoms with Gasteiger partial charge in [0.25, 0.3) is 0 Å². The highest BCUT2D eigenvalue weighted by atomic mass is 32.2. The van der Waals surface area contributed by atoms with E-state index in [2.05, 4.69) is 13.8 Å². The van der Waals surface area contributed by atoms with Gasteiger partial charge in [0, 0.05) is 37.8 Å². The normalized spacial score (nSPS) is 35.4. The predicted molar refractivity (Wildman–Crippen MR) is 77.7 cm³/mol. The first-order valence-corrected chi connectivity index (χ1v) is 9.35. The fraction of sp³-hybridized carbons (Fsp3) is 1.00. The molecule has 0 amide bonds. The SMILES string of the molecule is CCS(=O)(=O)N1CCC([NH+]2C[C@H](C)C[C@H](C)C2)CC1. The van der Waals surface area contributed by atoms with E-state index in [1.165, 1.54) is 19.5 Å². The second kappa shape index (κ2) is 6.10. The number of hydrogen-bond donors (Lipinski definition) is 1. The zero-order valence-electron chi connectivity index (χ0n) is 12.6. The molecule has 3 atom stereocenters. The minimum absolute atomic E-state index is 0.238. The van der Waals surface area contributed by atoms with Gasteiger partial charge in [-0.2, -0.15) is 0 Å². The van der Waals surface area contributed by atoms with Crippen molar-refractivity contribution in [1.82, 2.24) is 4.31 Å². The van der Waals surface area contributed by atoms with Crippen LogP contribution in [0, 0.1) is 11.8 Å². The minimum atomic E-state index is -2.97. The van der Waals surface area contributed by atoms with Crippen LogP contribution in [0.2, 0.25) is 0 Å². The number of quaternary nitrogens is 1. The number of hydrogen-bond acceptors (Lipinski definition) is 2. The van der Waals surface area contributed by atoms with Gasteiger partial charge >= 0.3 is 0 Å². The van der Waals surface area contributed by atoms with E-state index in [-0.39, 0.29) is 5.75 Å². The second-order valence-electron chi connectivity index (χ2n) is 6.59. The maximum atomic E-state index is 11.9. The molecule has 19 heavy (non-hydrogen) atoms. The molecular weight excluding hydrogens is 260 g/mol. The van der Waals surface area contributed by atoms with E-state index in [1.807, 2.05) is 0 Å². The van der Waals surface area contributed by atoms with Gasteiger partial charge in [-0.3, -0.25) is 0 Å². The molecule has 0 bridgehead atoms. The summed E-state index contributed by atoms with van der Waals surface area (Å²) in [6.45, 7) is 10.4. The van der Waals surface area contributed by atoms with Crippen LogP contribution in [-0.2, 0) is 10.0 Å². The van der Waals surface area contributed by atoms with Crippen molar-refractivity contribution in [3.63, 3.8) is 0 Å². The Morgan fingerprint density at radius 3 is 2.11 bits per heavy atom. The van der Waals surface area contributed by atoms with Crippen LogP contribution in [0.1, 0.15) is 40.0 Å². The maximum absolute atomic E-state index is 11.9. The van der Waals surface area contributed by atoms with Crippen LogP contribution in [0.4, 0.5) is 0 Å². The summed E-state index contributed by atoms with van der Waals surface area (Å²) in [5.74, 6) is 1.87. The average molecular weight is 289 g/mol. The van der Waals surface area contributed by atoms with Crippen LogP contribution in [0.15, 0.2) is 0 Å². The molecule has 2 saturated heterocycles. The summed E-state index contributed by atoms with van der Waals surface area (Å²) in [5, 5.41) is 0. The lowest BCUT2D eigenvalue weighted by atomic mass is 9.89. The Labute approximate surface area is 118 Å². The zero-order chi connectivity index (χ0) is 14.0. The fourth-order valence-corrected chi connectivity index (χ4v) is 5.02. The van der Waals surface area contributed by atoms with Crippen LogP contribution in [0.25, 0.3) is 0 Å². The van der Waals surface area contributed by atoms with Crippen molar-refractivity contribution >= 4 is 10.0 Å². The van der Waals surface area contributed by atoms with Crippen molar-refractivity contribution in [1.29, 1.82) is 0 Å². The van der Waals surface area contributed by atoms with Crippen LogP contribution in [0.5, 0.6) is 0 Å². The Morgan fingerprint density at radius 2 is 1.63 bits per heavy atom. The molecule has 0 aromatic carbocycles. The first-order chi connectivity index (χ1) is 8.92. The Morgan fingerprint density at radius 1 is 1.11 bits per heavy atom. The first-order valence-electron chi connectivity index (χ1n) is 7.74. The standard InChI is InChI=1S/C14H28N2O2S/c1-4-19(17,18)16-7-5-14(6-8-16)15-10-12(2)9-13(3)11-15/h12-14H,4-11H2,1-3H3/p+1/t12-,13+. The molecule has 0 aromatic rings. The van der Waals surface area contributed by atoms with Crippen LogP contribution in [-0.4, -0.2) is 50.7 Å². The van der Waals surface area contributed by atoms with Crippen molar-refractivity contribution in [2.45, 2.75) is 46.1 Å². The van der Waals surface area contributed by atoms with Gasteiger partial charge in [0.05, 0.1) is 24.9 Å². The lowest BCUT2D eigenvalue weighted by Gasteiger charge is -2.40. The molecule has 0 aliphatic carbocycles. The first kappa shape index (κ1) is 15.3. The number of nitrogens with one attached hydrogen (secondary N) is 1. The van der Waals surface area contributed by atoms with E-state index in [9.17, 15) is 8.42 Å². The minimum Gasteiger partial charge on any atom is -0.332 e. The third kappa shape index (κ3) is 3.70. The summed E-state index contributed by atoms with van der Waals surface area (Å²) in [6.07, 6.45) is 3.43. The molecule has 2 aliphatic heterocycles. The molecule has 1 unspecified atom stereocenters. The van der Waals surface area contributed by atoms with Gasteiger partial charge < -0.3 is 4.90 Å². The molecule has 112 valence electrons. The van der Waals surface area contributed by atoms with Gasteiger partial charge in [0.2, 0.25) is 10.0 Å². The van der Waals surface area contributed by atoms with Crippen LogP contribution in [0.3, 0.4) is 0 Å². The van der Waals surface area contributed by atoms with E-state index in [4.69, 9.17) is 0 Å². The summed E-state index contributed by atoms with van der Waals surface area (Å²) in [4.78, 5) is 1.72. The molecule has 0 radical (unpaired) electrons. The third-order valence-corrected chi connectivity index (χ3v) is 6.70. The molecule has 0 spiro atoms. The molecule has 2 aliphatic rings. The van der Waals surface area contributed by atoms with Gasteiger partial charge in [-0.05, 0) is 13.3 Å². The molecule has 5 heteroatoms. The Balaban J connectivity index is 1.89. The molecule has 4 nitrogen and oxygen atoms in total. The number of likely N-dealkylation sites (tertiary alicyclic amines) is 1. The summed E-state index contributed by atoms with van der Waals surface area (Å²) in [6, 6.07) is 0.675. The van der Waals surface area contributed by atoms with Crippen LogP contribution < -0.4 is 4.90 Å². The Hall–Kier alpha value is -0.130. The lowest BCUT2D eigenvalue weighted by molar-refractivity contribution is -0.938. The molecule has 2 rings (SSSR count). The maximum Gasteiger partial charge on any atom is 0.213 e. The van der Waals surface area contributed by atoms with Crippen molar-refractivity contribution in [2.24, 2.45) is 11.8 Å². The van der Waals surface area contributed by atoms with Gasteiger partial charge in [-0.15, -0.1) is 0 Å². The van der Waals surface area contributed by atoms with Crippen molar-refractivity contribution < 1.29 is 13.3 Å². The summed E-state index contributed by atoms with van der Waals surface area (Å²) < 4.78 is 25.4. The van der Waals surface area contributed by atoms with Gasteiger partial charge in [-0.1, -0.05) is 13.8 Å². The number of rotatable bonds is 3. The summed E-state index contributed by atoms with van der Waals surface area (Å²) in [5.41, 5.74) is 0. The number of piperidine rings is 2. The van der Waals surface area contributed by atoms with Crippen molar-refractivity contribution in [3.8, 4) is 0 Å². The summed E-state index contributed by atoms with van der Waals surface area (Å²) in [7, 11) is -2.97. The van der Waals surface area contributed by atoms with E-state index < -0.39 is 10.0 Å².